The molecule has 0 spiro atoms. The Kier molecular flexibility index (Phi) is 4.62. The van der Waals surface area contributed by atoms with Gasteiger partial charge in [-0.3, -0.25) is 0 Å². The number of hydrogen-bond donors (Lipinski definition) is 0. The summed E-state index contributed by atoms with van der Waals surface area (Å²) in [5.41, 5.74) is 0. The SMILES string of the molecule is CCC(CC)N(CCCl)c1nc(C2CC2)ns1. The minimum atomic E-state index is 0.536. The largest absolute Gasteiger partial charge is 0.343 e. The summed E-state index contributed by atoms with van der Waals surface area (Å²) in [4.78, 5) is 7.01. The molecular weight excluding hydrogens is 254 g/mol. The van der Waals surface area contributed by atoms with E-state index in [4.69, 9.17) is 11.6 Å². The van der Waals surface area contributed by atoms with Crippen molar-refractivity contribution in [2.45, 2.75) is 51.5 Å². The van der Waals surface area contributed by atoms with E-state index in [1.165, 1.54) is 24.4 Å². The van der Waals surface area contributed by atoms with Gasteiger partial charge >= 0.3 is 0 Å². The highest BCUT2D eigenvalue weighted by molar-refractivity contribution is 7.09. The maximum Gasteiger partial charge on any atom is 0.205 e. The van der Waals surface area contributed by atoms with Gasteiger partial charge in [0.25, 0.3) is 0 Å². The molecule has 1 aromatic heterocycles. The second-order valence-electron chi connectivity index (χ2n) is 4.56. The fourth-order valence-electron chi connectivity index (χ4n) is 2.11. The number of nitrogens with zero attached hydrogens (tertiary/aromatic N) is 3. The van der Waals surface area contributed by atoms with Crippen molar-refractivity contribution >= 4 is 28.3 Å². The quantitative estimate of drug-likeness (QED) is 0.710. The van der Waals surface area contributed by atoms with Crippen LogP contribution >= 0.6 is 23.1 Å². The van der Waals surface area contributed by atoms with Gasteiger partial charge in [-0.05, 0) is 25.7 Å². The predicted molar refractivity (Wildman–Crippen MR) is 74.3 cm³/mol. The van der Waals surface area contributed by atoms with Crippen molar-refractivity contribution in [3.05, 3.63) is 5.82 Å². The standard InChI is InChI=1S/C12H20ClN3S/c1-3-10(4-2)16(8-7-13)12-14-11(15-17-12)9-5-6-9/h9-10H,3-8H2,1-2H3. The van der Waals surface area contributed by atoms with Crippen LogP contribution < -0.4 is 4.90 Å². The molecule has 5 heteroatoms. The number of halogens is 1. The van der Waals surface area contributed by atoms with E-state index in [9.17, 15) is 0 Å². The monoisotopic (exact) mass is 273 g/mol. The maximum atomic E-state index is 5.90. The van der Waals surface area contributed by atoms with E-state index >= 15 is 0 Å². The predicted octanol–water partition coefficient (Wildman–Crippen LogP) is 3.65. The summed E-state index contributed by atoms with van der Waals surface area (Å²) in [6.45, 7) is 5.31. The van der Waals surface area contributed by atoms with E-state index in [0.29, 0.717) is 17.8 Å². The molecule has 17 heavy (non-hydrogen) atoms. The van der Waals surface area contributed by atoms with Gasteiger partial charge in [-0.25, -0.2) is 4.98 Å². The van der Waals surface area contributed by atoms with Crippen LogP contribution in [0.5, 0.6) is 0 Å². The first-order valence-electron chi connectivity index (χ1n) is 6.46. The highest BCUT2D eigenvalue weighted by Gasteiger charge is 2.29. The normalized spacial score (nSPS) is 15.5. The fraction of sp³-hybridized carbons (Fsp3) is 0.833. The lowest BCUT2D eigenvalue weighted by atomic mass is 10.1. The molecule has 0 radical (unpaired) electrons. The van der Waals surface area contributed by atoms with Gasteiger partial charge in [0.2, 0.25) is 5.13 Å². The van der Waals surface area contributed by atoms with Gasteiger partial charge in [-0.1, -0.05) is 13.8 Å². The van der Waals surface area contributed by atoms with Crippen LogP contribution in [0.25, 0.3) is 0 Å². The van der Waals surface area contributed by atoms with E-state index in [2.05, 4.69) is 28.1 Å². The van der Waals surface area contributed by atoms with Crippen molar-refractivity contribution in [2.24, 2.45) is 0 Å². The first-order valence-corrected chi connectivity index (χ1v) is 7.77. The molecule has 0 atom stereocenters. The Bertz CT molecular complexity index is 347. The molecule has 1 aliphatic carbocycles. The van der Waals surface area contributed by atoms with E-state index in [1.807, 2.05) is 0 Å². The molecule has 1 fully saturated rings. The van der Waals surface area contributed by atoms with Gasteiger partial charge in [0.1, 0.15) is 5.82 Å². The molecule has 1 heterocycles. The summed E-state index contributed by atoms with van der Waals surface area (Å²) in [5.74, 6) is 2.34. The molecular formula is C12H20ClN3S. The van der Waals surface area contributed by atoms with Crippen LogP contribution in [0.1, 0.15) is 51.3 Å². The van der Waals surface area contributed by atoms with Gasteiger partial charge in [0, 0.05) is 35.9 Å². The average molecular weight is 274 g/mol. The Balaban J connectivity index is 2.11. The van der Waals surface area contributed by atoms with E-state index < -0.39 is 0 Å². The Morgan fingerprint density at radius 2 is 2.12 bits per heavy atom. The van der Waals surface area contributed by atoms with Crippen LogP contribution in [0.15, 0.2) is 0 Å². The van der Waals surface area contributed by atoms with Crippen molar-refractivity contribution in [3.8, 4) is 0 Å². The Labute approximate surface area is 112 Å². The van der Waals surface area contributed by atoms with Gasteiger partial charge in [-0.15, -0.1) is 11.6 Å². The summed E-state index contributed by atoms with van der Waals surface area (Å²) in [6, 6.07) is 0.536. The van der Waals surface area contributed by atoms with Crippen LogP contribution in [0, 0.1) is 0 Å². The molecule has 3 nitrogen and oxygen atoms in total. The van der Waals surface area contributed by atoms with Crippen LogP contribution in [0.2, 0.25) is 0 Å². The lowest BCUT2D eigenvalue weighted by Gasteiger charge is -2.29. The first kappa shape index (κ1) is 13.1. The zero-order chi connectivity index (χ0) is 12.3. The molecule has 96 valence electrons. The minimum Gasteiger partial charge on any atom is -0.343 e. The zero-order valence-electron chi connectivity index (χ0n) is 10.5. The molecule has 0 saturated heterocycles. The highest BCUT2D eigenvalue weighted by Crippen LogP contribution is 2.40. The topological polar surface area (TPSA) is 29.0 Å². The summed E-state index contributed by atoms with van der Waals surface area (Å²) in [5, 5.41) is 1.06. The molecule has 1 aromatic rings. The van der Waals surface area contributed by atoms with Crippen molar-refractivity contribution in [2.75, 3.05) is 17.3 Å². The highest BCUT2D eigenvalue weighted by atomic mass is 35.5. The van der Waals surface area contributed by atoms with Gasteiger partial charge in [0.05, 0.1) is 0 Å². The van der Waals surface area contributed by atoms with E-state index in [-0.39, 0.29) is 0 Å². The molecule has 0 aromatic carbocycles. The van der Waals surface area contributed by atoms with Crippen molar-refractivity contribution < 1.29 is 0 Å². The van der Waals surface area contributed by atoms with Crippen LogP contribution in [-0.4, -0.2) is 27.8 Å². The second-order valence-corrected chi connectivity index (χ2v) is 5.67. The molecule has 0 unspecified atom stereocenters. The van der Waals surface area contributed by atoms with Crippen molar-refractivity contribution in [1.82, 2.24) is 9.36 Å². The summed E-state index contributed by atoms with van der Waals surface area (Å²) < 4.78 is 4.48. The van der Waals surface area contributed by atoms with Crippen LogP contribution in [0.4, 0.5) is 5.13 Å². The van der Waals surface area contributed by atoms with Crippen molar-refractivity contribution in [3.63, 3.8) is 0 Å². The second kappa shape index (κ2) is 6.01. The molecule has 2 rings (SSSR count). The van der Waals surface area contributed by atoms with E-state index in [0.717, 1.165) is 30.3 Å². The summed E-state index contributed by atoms with van der Waals surface area (Å²) >= 11 is 7.43. The minimum absolute atomic E-state index is 0.536. The first-order chi connectivity index (χ1) is 8.30. The lowest BCUT2D eigenvalue weighted by Crippen LogP contribution is -2.36. The van der Waals surface area contributed by atoms with Gasteiger partial charge in [0.15, 0.2) is 0 Å². The molecule has 0 bridgehead atoms. The summed E-state index contributed by atoms with van der Waals surface area (Å²) in [7, 11) is 0. The molecule has 0 aliphatic heterocycles. The number of hydrogen-bond acceptors (Lipinski definition) is 4. The number of rotatable bonds is 7. The maximum absolute atomic E-state index is 5.90. The Hall–Kier alpha value is -0.350. The van der Waals surface area contributed by atoms with Gasteiger partial charge in [-0.2, -0.15) is 4.37 Å². The zero-order valence-corrected chi connectivity index (χ0v) is 12.1. The van der Waals surface area contributed by atoms with E-state index in [1.54, 1.807) is 0 Å². The fourth-order valence-corrected chi connectivity index (χ4v) is 3.13. The third-order valence-corrected chi connectivity index (χ3v) is 4.26. The molecule has 1 aliphatic rings. The number of aromatic nitrogens is 2. The molecule has 0 amide bonds. The smallest absolute Gasteiger partial charge is 0.205 e. The molecule has 1 saturated carbocycles. The third-order valence-electron chi connectivity index (χ3n) is 3.33. The lowest BCUT2D eigenvalue weighted by molar-refractivity contribution is 0.566. The number of alkyl halides is 1. The summed E-state index contributed by atoms with van der Waals surface area (Å²) in [6.07, 6.45) is 4.78. The van der Waals surface area contributed by atoms with Crippen LogP contribution in [0.3, 0.4) is 0 Å². The average Bonchev–Trinajstić information content (AvgIpc) is 3.08. The van der Waals surface area contributed by atoms with Crippen molar-refractivity contribution in [1.29, 1.82) is 0 Å². The Morgan fingerprint density at radius 1 is 1.41 bits per heavy atom. The van der Waals surface area contributed by atoms with Crippen LogP contribution in [-0.2, 0) is 0 Å². The number of anilines is 1. The van der Waals surface area contributed by atoms with Gasteiger partial charge < -0.3 is 4.90 Å². The Morgan fingerprint density at radius 3 is 2.65 bits per heavy atom. The third kappa shape index (κ3) is 3.10. The molecule has 0 N–H and O–H groups in total.